The Balaban J connectivity index is 3.03. The summed E-state index contributed by atoms with van der Waals surface area (Å²) in [7, 11) is -2.13. The monoisotopic (exact) mass is 331 g/mol. The molecule has 1 aromatic carbocycles. The molecule has 0 saturated heterocycles. The lowest BCUT2D eigenvalue weighted by Gasteiger charge is -2.15. The lowest BCUT2D eigenvalue weighted by atomic mass is 10.2. The van der Waals surface area contributed by atoms with Gasteiger partial charge < -0.3 is 10.1 Å². The van der Waals surface area contributed by atoms with Crippen LogP contribution in [0.5, 0.6) is 5.75 Å². The number of hydrogen-bond acceptors (Lipinski definition) is 4. The molecule has 0 fully saturated rings. The van der Waals surface area contributed by atoms with Gasteiger partial charge in [0, 0.05) is 11.1 Å². The second-order valence-electron chi connectivity index (χ2n) is 4.55. The molecule has 0 radical (unpaired) electrons. The van der Waals surface area contributed by atoms with E-state index in [1.807, 2.05) is 0 Å². The first-order chi connectivity index (χ1) is 9.72. The number of halogens is 1. The lowest BCUT2D eigenvalue weighted by Crippen LogP contribution is -2.33. The summed E-state index contributed by atoms with van der Waals surface area (Å²) in [5.41, 5.74) is 1.12. The first kappa shape index (κ1) is 17.5. The Bertz CT molecular complexity index is 655. The topological polar surface area (TPSA) is 72.5 Å². The highest BCUT2D eigenvalue weighted by Gasteiger charge is 2.27. The van der Waals surface area contributed by atoms with Crippen LogP contribution in [0.2, 0.25) is 5.02 Å². The van der Waals surface area contributed by atoms with E-state index < -0.39 is 21.0 Å². The predicted octanol–water partition coefficient (Wildman–Crippen LogP) is 2.58. The maximum atomic E-state index is 12.1. The van der Waals surface area contributed by atoms with Crippen molar-refractivity contribution in [2.75, 3.05) is 18.2 Å². The second-order valence-corrected chi connectivity index (χ2v) is 7.32. The number of benzene rings is 1. The molecule has 1 N–H and O–H groups in total. The number of amides is 1. The first-order valence-electron chi connectivity index (χ1n) is 6.20. The van der Waals surface area contributed by atoms with Gasteiger partial charge >= 0.3 is 0 Å². The minimum atomic E-state index is -3.56. The van der Waals surface area contributed by atoms with Crippen molar-refractivity contribution in [3.63, 3.8) is 0 Å². The van der Waals surface area contributed by atoms with Gasteiger partial charge in [-0.2, -0.15) is 0 Å². The van der Waals surface area contributed by atoms with Crippen LogP contribution < -0.4 is 10.1 Å². The van der Waals surface area contributed by atoms with Crippen LogP contribution in [-0.2, 0) is 14.6 Å². The maximum Gasteiger partial charge on any atom is 0.242 e. The molecule has 1 unspecified atom stereocenters. The van der Waals surface area contributed by atoms with E-state index in [1.165, 1.54) is 20.1 Å². The smallest absolute Gasteiger partial charge is 0.242 e. The van der Waals surface area contributed by atoms with Crippen LogP contribution in [-0.4, -0.2) is 32.4 Å². The minimum Gasteiger partial charge on any atom is -0.495 e. The number of sulfone groups is 1. The van der Waals surface area contributed by atoms with Crippen LogP contribution in [0.3, 0.4) is 0 Å². The molecule has 0 spiro atoms. The van der Waals surface area contributed by atoms with E-state index in [1.54, 1.807) is 19.1 Å². The average molecular weight is 332 g/mol. The number of ether oxygens (including phenoxy) is 1. The molecule has 0 heterocycles. The summed E-state index contributed by atoms with van der Waals surface area (Å²) in [5, 5.41) is 1.87. The molecule has 0 bridgehead atoms. The zero-order valence-electron chi connectivity index (χ0n) is 12.1. The molecule has 21 heavy (non-hydrogen) atoms. The summed E-state index contributed by atoms with van der Waals surface area (Å²) in [4.78, 5) is 12.1. The number of aryl methyl sites for hydroxylation is 1. The second kappa shape index (κ2) is 6.95. The molecule has 1 aromatic rings. The van der Waals surface area contributed by atoms with Crippen molar-refractivity contribution in [2.24, 2.45) is 0 Å². The minimum absolute atomic E-state index is 0.252. The number of hydrogen-bond donors (Lipinski definition) is 1. The molecule has 0 saturated carbocycles. The van der Waals surface area contributed by atoms with Crippen LogP contribution in [0.25, 0.3) is 0 Å². The molecule has 0 aliphatic rings. The maximum absolute atomic E-state index is 12.1. The summed E-state index contributed by atoms with van der Waals surface area (Å²) in [6, 6.07) is 3.20. The number of anilines is 1. The standard InChI is InChI=1S/C14H18ClNO4S/c1-5-6-21(18,19)10(3)14(17)16-12-7-9(2)11(15)8-13(12)20-4/h5,7-8,10H,1,6H2,2-4H3,(H,16,17). The van der Waals surface area contributed by atoms with Crippen LogP contribution in [0.4, 0.5) is 5.69 Å². The Labute approximate surface area is 129 Å². The Morgan fingerprint density at radius 2 is 2.14 bits per heavy atom. The van der Waals surface area contributed by atoms with Crippen molar-refractivity contribution in [1.82, 2.24) is 0 Å². The Hall–Kier alpha value is -1.53. The molecule has 116 valence electrons. The van der Waals surface area contributed by atoms with Crippen LogP contribution >= 0.6 is 11.6 Å². The highest BCUT2D eigenvalue weighted by molar-refractivity contribution is 7.92. The quantitative estimate of drug-likeness (QED) is 0.813. The van der Waals surface area contributed by atoms with Crippen LogP contribution in [0, 0.1) is 6.92 Å². The van der Waals surface area contributed by atoms with E-state index in [0.29, 0.717) is 16.5 Å². The fourth-order valence-electron chi connectivity index (χ4n) is 1.64. The van der Waals surface area contributed by atoms with Gasteiger partial charge in [0.25, 0.3) is 0 Å². The van der Waals surface area contributed by atoms with E-state index in [9.17, 15) is 13.2 Å². The third-order valence-electron chi connectivity index (χ3n) is 3.00. The van der Waals surface area contributed by atoms with E-state index >= 15 is 0 Å². The summed E-state index contributed by atoms with van der Waals surface area (Å²) < 4.78 is 28.8. The number of carbonyl (C=O) groups is 1. The van der Waals surface area contributed by atoms with Crippen molar-refractivity contribution in [2.45, 2.75) is 19.1 Å². The van der Waals surface area contributed by atoms with Crippen molar-refractivity contribution in [3.05, 3.63) is 35.4 Å². The SMILES string of the molecule is C=CCS(=O)(=O)C(C)C(=O)Nc1cc(C)c(Cl)cc1OC. The lowest BCUT2D eigenvalue weighted by molar-refractivity contribution is -0.115. The number of rotatable bonds is 6. The van der Waals surface area contributed by atoms with Crippen LogP contribution in [0.15, 0.2) is 24.8 Å². The number of nitrogens with one attached hydrogen (secondary N) is 1. The fourth-order valence-corrected chi connectivity index (χ4v) is 2.79. The van der Waals surface area contributed by atoms with Gasteiger partial charge in [-0.15, -0.1) is 6.58 Å². The predicted molar refractivity (Wildman–Crippen MR) is 84.8 cm³/mol. The highest BCUT2D eigenvalue weighted by Crippen LogP contribution is 2.31. The number of methoxy groups -OCH3 is 1. The molecular weight excluding hydrogens is 314 g/mol. The van der Waals surface area contributed by atoms with Crippen molar-refractivity contribution >= 4 is 33.0 Å². The first-order valence-corrected chi connectivity index (χ1v) is 8.29. The summed E-state index contributed by atoms with van der Waals surface area (Å²) in [6.07, 6.45) is 1.26. The van der Waals surface area contributed by atoms with Gasteiger partial charge in [0.05, 0.1) is 18.6 Å². The molecular formula is C14H18ClNO4S. The van der Waals surface area contributed by atoms with E-state index in [-0.39, 0.29) is 5.75 Å². The highest BCUT2D eigenvalue weighted by atomic mass is 35.5. The molecule has 0 aromatic heterocycles. The Morgan fingerprint density at radius 3 is 2.67 bits per heavy atom. The summed E-state index contributed by atoms with van der Waals surface area (Å²) in [6.45, 7) is 6.48. The fraction of sp³-hybridized carbons (Fsp3) is 0.357. The average Bonchev–Trinajstić information content (AvgIpc) is 2.41. The van der Waals surface area contributed by atoms with Crippen molar-refractivity contribution < 1.29 is 17.9 Å². The van der Waals surface area contributed by atoms with Gasteiger partial charge in [-0.1, -0.05) is 17.7 Å². The zero-order chi connectivity index (χ0) is 16.2. The van der Waals surface area contributed by atoms with E-state index in [0.717, 1.165) is 5.56 Å². The molecule has 7 heteroatoms. The summed E-state index contributed by atoms with van der Waals surface area (Å²) in [5.74, 6) is -0.512. The molecule has 0 aliphatic heterocycles. The Morgan fingerprint density at radius 1 is 1.52 bits per heavy atom. The Kier molecular flexibility index (Phi) is 5.80. The van der Waals surface area contributed by atoms with Gasteiger partial charge in [-0.05, 0) is 25.5 Å². The molecule has 0 aliphatic carbocycles. The zero-order valence-corrected chi connectivity index (χ0v) is 13.7. The van der Waals surface area contributed by atoms with Crippen LogP contribution in [0.1, 0.15) is 12.5 Å². The number of carbonyl (C=O) groups excluding carboxylic acids is 1. The molecule has 1 atom stereocenters. The molecule has 1 amide bonds. The molecule has 5 nitrogen and oxygen atoms in total. The third kappa shape index (κ3) is 4.22. The van der Waals surface area contributed by atoms with E-state index in [4.69, 9.17) is 16.3 Å². The normalized spacial score (nSPS) is 12.6. The van der Waals surface area contributed by atoms with Gasteiger partial charge in [0.15, 0.2) is 9.84 Å². The van der Waals surface area contributed by atoms with E-state index in [2.05, 4.69) is 11.9 Å². The van der Waals surface area contributed by atoms with Gasteiger partial charge in [-0.25, -0.2) is 8.42 Å². The van der Waals surface area contributed by atoms with Gasteiger partial charge in [0.1, 0.15) is 11.0 Å². The van der Waals surface area contributed by atoms with Gasteiger partial charge in [-0.3, -0.25) is 4.79 Å². The van der Waals surface area contributed by atoms with Gasteiger partial charge in [0.2, 0.25) is 5.91 Å². The van der Waals surface area contributed by atoms with Crippen molar-refractivity contribution in [3.8, 4) is 5.75 Å². The third-order valence-corrected chi connectivity index (χ3v) is 5.40. The molecule has 1 rings (SSSR count). The summed E-state index contributed by atoms with van der Waals surface area (Å²) >= 11 is 5.98. The van der Waals surface area contributed by atoms with Crippen molar-refractivity contribution in [1.29, 1.82) is 0 Å². The largest absolute Gasteiger partial charge is 0.495 e.